The molecule has 2 aliphatic rings. The first kappa shape index (κ1) is 23.3. The van der Waals surface area contributed by atoms with Crippen LogP contribution in [0.2, 0.25) is 0 Å². The van der Waals surface area contributed by atoms with Crippen LogP contribution in [0.25, 0.3) is 5.76 Å². The number of rotatable bonds is 6. The third-order valence-corrected chi connectivity index (χ3v) is 6.45. The number of Topliss-reactive ketones (excluding diaryl/α,β-unsaturated/α-hetero) is 1. The first-order chi connectivity index (χ1) is 17.4. The van der Waals surface area contributed by atoms with Crippen LogP contribution in [0.4, 0.5) is 0 Å². The first-order valence-corrected chi connectivity index (χ1v) is 11.4. The highest BCUT2D eigenvalue weighted by Crippen LogP contribution is 2.42. The lowest BCUT2D eigenvalue weighted by Crippen LogP contribution is -2.29. The number of methoxy groups -OCH3 is 2. The number of nitrogens with zero attached hydrogens (tertiary/aromatic N) is 1. The Morgan fingerprint density at radius 1 is 0.944 bits per heavy atom. The molecule has 0 aromatic heterocycles. The summed E-state index contributed by atoms with van der Waals surface area (Å²) in [5, 5.41) is 11.4. The molecule has 2 heterocycles. The highest BCUT2D eigenvalue weighted by Gasteiger charge is 2.46. The fourth-order valence-electron chi connectivity index (χ4n) is 4.59. The summed E-state index contributed by atoms with van der Waals surface area (Å²) in [5.74, 6) is 0.797. The standard InChI is InChI=1S/C28H25NO7/c1-16-12-20(34-3)9-10-21(16)26(30)24-25(18-5-7-19(33-2)8-6-18)29(28(32)27(24)31)14-17-4-11-22-23(13-17)36-15-35-22/h4-13,25,30H,14-15H2,1-3H3/b26-24+. The molecule has 0 bridgehead atoms. The Labute approximate surface area is 208 Å². The van der Waals surface area contributed by atoms with Crippen LogP contribution in [0.15, 0.2) is 66.2 Å². The van der Waals surface area contributed by atoms with E-state index in [4.69, 9.17) is 18.9 Å². The molecule has 8 heteroatoms. The van der Waals surface area contributed by atoms with Crippen molar-refractivity contribution in [1.82, 2.24) is 4.90 Å². The fourth-order valence-corrected chi connectivity index (χ4v) is 4.59. The largest absolute Gasteiger partial charge is 0.507 e. The van der Waals surface area contributed by atoms with E-state index in [0.717, 1.165) is 5.56 Å². The fraction of sp³-hybridized carbons (Fsp3) is 0.214. The number of ether oxygens (including phenoxy) is 4. The van der Waals surface area contributed by atoms with E-state index in [0.29, 0.717) is 39.7 Å². The molecule has 3 aromatic rings. The molecule has 2 aliphatic heterocycles. The number of aliphatic hydroxyl groups is 1. The Kier molecular flexibility index (Phi) is 6.01. The van der Waals surface area contributed by atoms with Gasteiger partial charge in [0.2, 0.25) is 6.79 Å². The molecule has 0 spiro atoms. The topological polar surface area (TPSA) is 94.5 Å². The van der Waals surface area contributed by atoms with Crippen molar-refractivity contribution in [2.45, 2.75) is 19.5 Å². The summed E-state index contributed by atoms with van der Waals surface area (Å²) in [6.07, 6.45) is 0. The zero-order valence-corrected chi connectivity index (χ0v) is 20.1. The number of likely N-dealkylation sites (tertiary alicyclic amines) is 1. The second-order valence-corrected chi connectivity index (χ2v) is 8.57. The molecule has 0 aliphatic carbocycles. The number of amides is 1. The molecule has 1 atom stereocenters. The predicted molar refractivity (Wildman–Crippen MR) is 131 cm³/mol. The van der Waals surface area contributed by atoms with Crippen molar-refractivity contribution in [3.8, 4) is 23.0 Å². The number of benzene rings is 3. The van der Waals surface area contributed by atoms with E-state index in [1.165, 1.54) is 4.90 Å². The lowest BCUT2D eigenvalue weighted by molar-refractivity contribution is -0.140. The van der Waals surface area contributed by atoms with Gasteiger partial charge in [-0.3, -0.25) is 9.59 Å². The maximum atomic E-state index is 13.3. The van der Waals surface area contributed by atoms with E-state index in [1.807, 2.05) is 13.0 Å². The van der Waals surface area contributed by atoms with Gasteiger partial charge in [-0.2, -0.15) is 0 Å². The van der Waals surface area contributed by atoms with Crippen LogP contribution in [0.3, 0.4) is 0 Å². The predicted octanol–water partition coefficient (Wildman–Crippen LogP) is 4.36. The van der Waals surface area contributed by atoms with Gasteiger partial charge >= 0.3 is 0 Å². The van der Waals surface area contributed by atoms with Crippen LogP contribution in [0.5, 0.6) is 23.0 Å². The Morgan fingerprint density at radius 3 is 2.33 bits per heavy atom. The molecule has 0 saturated carbocycles. The van der Waals surface area contributed by atoms with Crippen LogP contribution < -0.4 is 18.9 Å². The minimum Gasteiger partial charge on any atom is -0.507 e. The van der Waals surface area contributed by atoms with E-state index in [2.05, 4.69) is 0 Å². The summed E-state index contributed by atoms with van der Waals surface area (Å²) in [5.41, 5.74) is 2.63. The molecule has 1 N–H and O–H groups in total. The summed E-state index contributed by atoms with van der Waals surface area (Å²) in [4.78, 5) is 28.1. The maximum Gasteiger partial charge on any atom is 0.295 e. The Bertz CT molecular complexity index is 1380. The Balaban J connectivity index is 1.62. The van der Waals surface area contributed by atoms with Gasteiger partial charge < -0.3 is 29.0 Å². The van der Waals surface area contributed by atoms with Crippen molar-refractivity contribution in [1.29, 1.82) is 0 Å². The molecule has 1 saturated heterocycles. The number of aryl methyl sites for hydroxylation is 1. The molecular weight excluding hydrogens is 462 g/mol. The van der Waals surface area contributed by atoms with Crippen molar-refractivity contribution in [3.63, 3.8) is 0 Å². The molecule has 36 heavy (non-hydrogen) atoms. The highest BCUT2D eigenvalue weighted by atomic mass is 16.7. The highest BCUT2D eigenvalue weighted by molar-refractivity contribution is 6.46. The van der Waals surface area contributed by atoms with Crippen molar-refractivity contribution in [2.24, 2.45) is 0 Å². The smallest absolute Gasteiger partial charge is 0.295 e. The average Bonchev–Trinajstić information content (AvgIpc) is 3.46. The van der Waals surface area contributed by atoms with Crippen LogP contribution in [-0.2, 0) is 16.1 Å². The molecule has 1 amide bonds. The van der Waals surface area contributed by atoms with Crippen molar-refractivity contribution in [3.05, 3.63) is 88.5 Å². The number of carbonyl (C=O) groups is 2. The van der Waals surface area contributed by atoms with Crippen molar-refractivity contribution in [2.75, 3.05) is 21.0 Å². The van der Waals surface area contributed by atoms with Gasteiger partial charge in [0.15, 0.2) is 11.5 Å². The number of carbonyl (C=O) groups excluding carboxylic acids is 2. The van der Waals surface area contributed by atoms with Gasteiger partial charge in [0.05, 0.1) is 25.8 Å². The van der Waals surface area contributed by atoms with Gasteiger partial charge in [-0.25, -0.2) is 0 Å². The zero-order valence-electron chi connectivity index (χ0n) is 20.1. The van der Waals surface area contributed by atoms with Crippen LogP contribution >= 0.6 is 0 Å². The van der Waals surface area contributed by atoms with Gasteiger partial charge in [-0.15, -0.1) is 0 Å². The molecule has 8 nitrogen and oxygen atoms in total. The molecular formula is C28H25NO7. The summed E-state index contributed by atoms with van der Waals surface area (Å²) >= 11 is 0. The van der Waals surface area contributed by atoms with E-state index in [-0.39, 0.29) is 24.7 Å². The minimum absolute atomic E-state index is 0.0270. The number of hydrogen-bond acceptors (Lipinski definition) is 7. The Hall–Kier alpha value is -4.46. The quantitative estimate of drug-likeness (QED) is 0.314. The molecule has 0 radical (unpaired) electrons. The third-order valence-electron chi connectivity index (χ3n) is 6.45. The molecule has 1 fully saturated rings. The van der Waals surface area contributed by atoms with E-state index < -0.39 is 17.7 Å². The van der Waals surface area contributed by atoms with Crippen LogP contribution in [0, 0.1) is 6.92 Å². The maximum absolute atomic E-state index is 13.3. The van der Waals surface area contributed by atoms with E-state index >= 15 is 0 Å². The normalized spacial score (nSPS) is 18.0. The average molecular weight is 488 g/mol. The number of ketones is 1. The minimum atomic E-state index is -0.803. The van der Waals surface area contributed by atoms with E-state index in [1.54, 1.807) is 68.8 Å². The molecule has 184 valence electrons. The second kappa shape index (κ2) is 9.30. The van der Waals surface area contributed by atoms with Gasteiger partial charge in [0.1, 0.15) is 17.3 Å². The molecule has 3 aromatic carbocycles. The lowest BCUT2D eigenvalue weighted by atomic mass is 9.93. The zero-order chi connectivity index (χ0) is 25.4. The molecule has 1 unspecified atom stereocenters. The number of aliphatic hydroxyl groups excluding tert-OH is 1. The summed E-state index contributed by atoms with van der Waals surface area (Å²) in [6, 6.07) is 16.8. The van der Waals surface area contributed by atoms with Crippen LogP contribution in [-0.4, -0.2) is 42.7 Å². The van der Waals surface area contributed by atoms with Crippen molar-refractivity contribution >= 4 is 17.4 Å². The summed E-state index contributed by atoms with van der Waals surface area (Å²) in [6.45, 7) is 2.08. The number of hydrogen-bond donors (Lipinski definition) is 1. The summed E-state index contributed by atoms with van der Waals surface area (Å²) in [7, 11) is 3.12. The second-order valence-electron chi connectivity index (χ2n) is 8.57. The van der Waals surface area contributed by atoms with Crippen LogP contribution in [0.1, 0.15) is 28.3 Å². The van der Waals surface area contributed by atoms with Gasteiger partial charge in [0.25, 0.3) is 11.7 Å². The number of fused-ring (bicyclic) bond motifs is 1. The third kappa shape index (κ3) is 4.00. The molecule has 5 rings (SSSR count). The Morgan fingerprint density at radius 2 is 1.64 bits per heavy atom. The van der Waals surface area contributed by atoms with Crippen molar-refractivity contribution < 1.29 is 33.6 Å². The summed E-state index contributed by atoms with van der Waals surface area (Å²) < 4.78 is 21.4. The SMILES string of the molecule is COc1ccc(C2/C(=C(\O)c3ccc(OC)cc3C)C(=O)C(=O)N2Cc2ccc3c(c2)OCO3)cc1. The van der Waals surface area contributed by atoms with Gasteiger partial charge in [0, 0.05) is 12.1 Å². The monoisotopic (exact) mass is 487 g/mol. The first-order valence-electron chi connectivity index (χ1n) is 11.4. The lowest BCUT2D eigenvalue weighted by Gasteiger charge is -2.26. The van der Waals surface area contributed by atoms with Gasteiger partial charge in [-0.05, 0) is 66.1 Å². The van der Waals surface area contributed by atoms with Gasteiger partial charge in [-0.1, -0.05) is 18.2 Å². The van der Waals surface area contributed by atoms with E-state index in [9.17, 15) is 14.7 Å².